The summed E-state index contributed by atoms with van der Waals surface area (Å²) >= 11 is 6.18. The summed E-state index contributed by atoms with van der Waals surface area (Å²) in [7, 11) is 0. The summed E-state index contributed by atoms with van der Waals surface area (Å²) in [6.45, 7) is 0. The summed E-state index contributed by atoms with van der Waals surface area (Å²) in [6.07, 6.45) is 2.06. The van der Waals surface area contributed by atoms with E-state index in [1.807, 2.05) is 18.2 Å². The summed E-state index contributed by atoms with van der Waals surface area (Å²) in [4.78, 5) is 0. The second kappa shape index (κ2) is 4.54. The lowest BCUT2D eigenvalue weighted by Gasteiger charge is -2.16. The maximum absolute atomic E-state index is 6.18. The number of benzene rings is 2. The molecular formula is C15H15ClN2. The Morgan fingerprint density at radius 3 is 2.28 bits per heavy atom. The van der Waals surface area contributed by atoms with Gasteiger partial charge in [-0.3, -0.25) is 0 Å². The molecule has 0 saturated heterocycles. The van der Waals surface area contributed by atoms with Crippen LogP contribution in [0, 0.1) is 0 Å². The van der Waals surface area contributed by atoms with Crippen LogP contribution < -0.4 is 11.1 Å². The first-order valence-corrected chi connectivity index (χ1v) is 6.49. The van der Waals surface area contributed by atoms with E-state index >= 15 is 0 Å². The van der Waals surface area contributed by atoms with Crippen molar-refractivity contribution in [3.05, 3.63) is 58.6 Å². The molecule has 3 rings (SSSR count). The van der Waals surface area contributed by atoms with Crippen LogP contribution in [0.15, 0.2) is 42.5 Å². The zero-order valence-corrected chi connectivity index (χ0v) is 10.7. The fourth-order valence-corrected chi connectivity index (χ4v) is 2.79. The number of halogens is 1. The van der Waals surface area contributed by atoms with Gasteiger partial charge in [0.25, 0.3) is 0 Å². The average Bonchev–Trinajstić information content (AvgIpc) is 2.76. The molecule has 18 heavy (non-hydrogen) atoms. The van der Waals surface area contributed by atoms with Crippen LogP contribution >= 0.6 is 11.6 Å². The van der Waals surface area contributed by atoms with E-state index in [9.17, 15) is 0 Å². The van der Waals surface area contributed by atoms with E-state index in [1.54, 1.807) is 0 Å². The van der Waals surface area contributed by atoms with E-state index in [2.05, 4.69) is 29.6 Å². The predicted molar refractivity (Wildman–Crippen MR) is 77.1 cm³/mol. The molecule has 2 aromatic rings. The Balaban J connectivity index is 1.80. The number of nitrogens with two attached hydrogens (primary N) is 1. The minimum Gasteiger partial charge on any atom is -0.397 e. The molecule has 0 radical (unpaired) electrons. The van der Waals surface area contributed by atoms with Crippen LogP contribution in [0.2, 0.25) is 5.02 Å². The molecule has 0 atom stereocenters. The molecule has 0 unspecified atom stereocenters. The van der Waals surface area contributed by atoms with Crippen molar-refractivity contribution < 1.29 is 0 Å². The molecule has 0 heterocycles. The topological polar surface area (TPSA) is 38.0 Å². The Bertz CT molecular complexity index is 535. The summed E-state index contributed by atoms with van der Waals surface area (Å²) in [5.74, 6) is 0. The van der Waals surface area contributed by atoms with Crippen molar-refractivity contribution in [2.24, 2.45) is 0 Å². The number of hydrogen-bond acceptors (Lipinski definition) is 2. The highest BCUT2D eigenvalue weighted by molar-refractivity contribution is 6.33. The van der Waals surface area contributed by atoms with Gasteiger partial charge < -0.3 is 11.1 Å². The largest absolute Gasteiger partial charge is 0.397 e. The van der Waals surface area contributed by atoms with Gasteiger partial charge in [-0.15, -0.1) is 0 Å². The molecular weight excluding hydrogens is 244 g/mol. The molecule has 0 saturated carbocycles. The van der Waals surface area contributed by atoms with Crippen LogP contribution in [0.25, 0.3) is 0 Å². The fourth-order valence-electron chi connectivity index (χ4n) is 2.56. The average molecular weight is 259 g/mol. The number of para-hydroxylation sites is 1. The number of fused-ring (bicyclic) bond motifs is 1. The molecule has 0 amide bonds. The zero-order chi connectivity index (χ0) is 12.5. The molecule has 3 N–H and O–H groups in total. The highest BCUT2D eigenvalue weighted by Gasteiger charge is 2.21. The second-order valence-corrected chi connectivity index (χ2v) is 5.13. The van der Waals surface area contributed by atoms with Crippen molar-refractivity contribution in [3.8, 4) is 0 Å². The SMILES string of the molecule is Nc1cccc(Cl)c1NC1Cc2ccccc2C1. The quantitative estimate of drug-likeness (QED) is 0.809. The Morgan fingerprint density at radius 1 is 1.00 bits per heavy atom. The summed E-state index contributed by atoms with van der Waals surface area (Å²) in [5, 5.41) is 4.15. The van der Waals surface area contributed by atoms with Crippen LogP contribution in [-0.2, 0) is 12.8 Å². The summed E-state index contributed by atoms with van der Waals surface area (Å²) in [6, 6.07) is 14.5. The van der Waals surface area contributed by atoms with Crippen molar-refractivity contribution in [1.29, 1.82) is 0 Å². The molecule has 0 aromatic heterocycles. The smallest absolute Gasteiger partial charge is 0.0765 e. The van der Waals surface area contributed by atoms with Gasteiger partial charge in [0.1, 0.15) is 0 Å². The van der Waals surface area contributed by atoms with Crippen molar-refractivity contribution in [3.63, 3.8) is 0 Å². The lowest BCUT2D eigenvalue weighted by Crippen LogP contribution is -2.20. The molecule has 2 nitrogen and oxygen atoms in total. The van der Waals surface area contributed by atoms with E-state index in [4.69, 9.17) is 17.3 Å². The molecule has 1 aliphatic rings. The van der Waals surface area contributed by atoms with Crippen LogP contribution in [0.5, 0.6) is 0 Å². The molecule has 2 aromatic carbocycles. The van der Waals surface area contributed by atoms with Crippen molar-refractivity contribution >= 4 is 23.0 Å². The van der Waals surface area contributed by atoms with Crippen molar-refractivity contribution in [2.45, 2.75) is 18.9 Å². The molecule has 1 aliphatic carbocycles. The monoisotopic (exact) mass is 258 g/mol. The van der Waals surface area contributed by atoms with Gasteiger partial charge in [0.15, 0.2) is 0 Å². The van der Waals surface area contributed by atoms with Crippen LogP contribution in [0.3, 0.4) is 0 Å². The lowest BCUT2D eigenvalue weighted by atomic mass is 10.1. The van der Waals surface area contributed by atoms with Gasteiger partial charge in [0.05, 0.1) is 16.4 Å². The Hall–Kier alpha value is -1.67. The van der Waals surface area contributed by atoms with E-state index in [-0.39, 0.29) is 0 Å². The third-order valence-electron chi connectivity index (χ3n) is 3.45. The Kier molecular flexibility index (Phi) is 2.88. The predicted octanol–water partition coefficient (Wildman–Crippen LogP) is 3.50. The van der Waals surface area contributed by atoms with Crippen LogP contribution in [0.1, 0.15) is 11.1 Å². The van der Waals surface area contributed by atoms with Crippen molar-refractivity contribution in [2.75, 3.05) is 11.1 Å². The summed E-state index contributed by atoms with van der Waals surface area (Å²) in [5.41, 5.74) is 10.4. The van der Waals surface area contributed by atoms with Gasteiger partial charge in [0.2, 0.25) is 0 Å². The van der Waals surface area contributed by atoms with E-state index in [0.717, 1.165) is 18.5 Å². The highest BCUT2D eigenvalue weighted by Crippen LogP contribution is 2.31. The zero-order valence-electron chi connectivity index (χ0n) is 9.99. The van der Waals surface area contributed by atoms with Gasteiger partial charge in [-0.1, -0.05) is 41.9 Å². The third kappa shape index (κ3) is 2.04. The first-order chi connectivity index (χ1) is 8.74. The molecule has 3 heteroatoms. The molecule has 0 aliphatic heterocycles. The van der Waals surface area contributed by atoms with Gasteiger partial charge in [0, 0.05) is 6.04 Å². The maximum Gasteiger partial charge on any atom is 0.0765 e. The molecule has 0 bridgehead atoms. The van der Waals surface area contributed by atoms with Crippen molar-refractivity contribution in [1.82, 2.24) is 0 Å². The van der Waals surface area contributed by atoms with Gasteiger partial charge in [-0.2, -0.15) is 0 Å². The number of rotatable bonds is 2. The van der Waals surface area contributed by atoms with Gasteiger partial charge >= 0.3 is 0 Å². The molecule has 0 spiro atoms. The van der Waals surface area contributed by atoms with Crippen LogP contribution in [0.4, 0.5) is 11.4 Å². The van der Waals surface area contributed by atoms with Crippen LogP contribution in [-0.4, -0.2) is 6.04 Å². The number of anilines is 2. The maximum atomic E-state index is 6.18. The van der Waals surface area contributed by atoms with Gasteiger partial charge in [-0.25, -0.2) is 0 Å². The third-order valence-corrected chi connectivity index (χ3v) is 3.76. The first-order valence-electron chi connectivity index (χ1n) is 6.11. The normalized spacial score (nSPS) is 14.5. The first kappa shape index (κ1) is 11.4. The standard InChI is InChI=1S/C15H15ClN2/c16-13-6-3-7-14(17)15(13)18-12-8-10-4-1-2-5-11(10)9-12/h1-7,12,18H,8-9,17H2. The summed E-state index contributed by atoms with van der Waals surface area (Å²) < 4.78 is 0. The Labute approximate surface area is 112 Å². The fraction of sp³-hybridized carbons (Fsp3) is 0.200. The number of nitrogens with one attached hydrogen (secondary N) is 1. The Morgan fingerprint density at radius 2 is 1.67 bits per heavy atom. The number of hydrogen-bond donors (Lipinski definition) is 2. The van der Waals surface area contributed by atoms with E-state index < -0.39 is 0 Å². The lowest BCUT2D eigenvalue weighted by molar-refractivity contribution is 0.775. The molecule has 92 valence electrons. The van der Waals surface area contributed by atoms with E-state index in [1.165, 1.54) is 11.1 Å². The minimum atomic E-state index is 0.379. The second-order valence-electron chi connectivity index (χ2n) is 4.72. The minimum absolute atomic E-state index is 0.379. The highest BCUT2D eigenvalue weighted by atomic mass is 35.5. The number of nitrogen functional groups attached to an aromatic ring is 1. The van der Waals surface area contributed by atoms with Gasteiger partial charge in [-0.05, 0) is 36.1 Å². The van der Waals surface area contributed by atoms with E-state index in [0.29, 0.717) is 16.8 Å². The molecule has 0 fully saturated rings.